The van der Waals surface area contributed by atoms with E-state index in [1.54, 1.807) is 0 Å². The van der Waals surface area contributed by atoms with Crippen molar-refractivity contribution in [1.29, 1.82) is 0 Å². The van der Waals surface area contributed by atoms with Crippen LogP contribution in [-0.4, -0.2) is 36.1 Å². The van der Waals surface area contributed by atoms with Gasteiger partial charge in [0.2, 0.25) is 0 Å². The predicted octanol–water partition coefficient (Wildman–Crippen LogP) is 1.76. The van der Waals surface area contributed by atoms with Crippen molar-refractivity contribution >= 4 is 0 Å². The fourth-order valence-corrected chi connectivity index (χ4v) is 2.26. The molecule has 2 N–H and O–H groups in total. The van der Waals surface area contributed by atoms with Gasteiger partial charge in [-0.3, -0.25) is 4.90 Å². The summed E-state index contributed by atoms with van der Waals surface area (Å²) < 4.78 is 0. The Morgan fingerprint density at radius 3 is 3.07 bits per heavy atom. The highest BCUT2D eigenvalue weighted by Gasteiger charge is 2.19. The summed E-state index contributed by atoms with van der Waals surface area (Å²) in [5, 5.41) is 3.54. The van der Waals surface area contributed by atoms with Gasteiger partial charge in [0, 0.05) is 30.5 Å². The quantitative estimate of drug-likeness (QED) is 0.788. The second kappa shape index (κ2) is 4.81. The maximum absolute atomic E-state index is 3.54. The summed E-state index contributed by atoms with van der Waals surface area (Å²) in [6.45, 7) is 4.58. The van der Waals surface area contributed by atoms with Crippen molar-refractivity contribution < 1.29 is 0 Å². The zero-order valence-corrected chi connectivity index (χ0v) is 9.66. The second-order valence-corrected chi connectivity index (χ2v) is 4.53. The molecule has 0 unspecified atom stereocenters. The number of nitrogens with zero attached hydrogens (tertiary/aromatic N) is 1. The number of H-pyrrole nitrogens is 1. The lowest BCUT2D eigenvalue weighted by molar-refractivity contribution is 0.235. The third-order valence-electron chi connectivity index (χ3n) is 3.40. The minimum atomic E-state index is 0.474. The Balaban J connectivity index is 1.87. The fourth-order valence-electron chi connectivity index (χ4n) is 2.26. The molecular formula is C12H21N3. The molecule has 3 nitrogen and oxygen atoms in total. The van der Waals surface area contributed by atoms with Gasteiger partial charge in [0.25, 0.3) is 0 Å². The molecule has 15 heavy (non-hydrogen) atoms. The average Bonchev–Trinajstić information content (AvgIpc) is 2.88. The van der Waals surface area contributed by atoms with E-state index in [1.165, 1.54) is 25.1 Å². The molecule has 1 aromatic rings. The smallest absolute Gasteiger partial charge is 0.0467 e. The molecule has 84 valence electrons. The molecular weight excluding hydrogens is 186 g/mol. The molecule has 3 heteroatoms. The zero-order valence-electron chi connectivity index (χ0n) is 9.66. The van der Waals surface area contributed by atoms with E-state index in [4.69, 9.17) is 0 Å². The molecule has 1 aliphatic heterocycles. The summed E-state index contributed by atoms with van der Waals surface area (Å²) in [7, 11) is 2.20. The second-order valence-electron chi connectivity index (χ2n) is 4.53. The third-order valence-corrected chi connectivity index (χ3v) is 3.40. The van der Waals surface area contributed by atoms with Gasteiger partial charge >= 0.3 is 0 Å². The van der Waals surface area contributed by atoms with Gasteiger partial charge in [0.1, 0.15) is 0 Å². The van der Waals surface area contributed by atoms with Crippen molar-refractivity contribution in [2.24, 2.45) is 0 Å². The maximum Gasteiger partial charge on any atom is 0.0467 e. The lowest BCUT2D eigenvalue weighted by Crippen LogP contribution is -2.36. The molecule has 2 rings (SSSR count). The van der Waals surface area contributed by atoms with Gasteiger partial charge in [-0.2, -0.15) is 0 Å². The summed E-state index contributed by atoms with van der Waals surface area (Å²) >= 11 is 0. The van der Waals surface area contributed by atoms with Crippen LogP contribution >= 0.6 is 0 Å². The molecule has 0 amide bonds. The number of hydrogen-bond donors (Lipinski definition) is 2. The lowest BCUT2D eigenvalue weighted by atomic mass is 10.1. The Hall–Kier alpha value is -0.800. The van der Waals surface area contributed by atoms with E-state index in [9.17, 15) is 0 Å². The van der Waals surface area contributed by atoms with E-state index in [0.717, 1.165) is 6.54 Å². The van der Waals surface area contributed by atoms with Gasteiger partial charge in [-0.25, -0.2) is 0 Å². The highest BCUT2D eigenvalue weighted by molar-refractivity contribution is 5.08. The summed E-state index contributed by atoms with van der Waals surface area (Å²) in [6.07, 6.45) is 4.64. The number of rotatable bonds is 4. The zero-order chi connectivity index (χ0) is 10.7. The van der Waals surface area contributed by atoms with E-state index in [2.05, 4.69) is 41.3 Å². The van der Waals surface area contributed by atoms with Gasteiger partial charge in [-0.15, -0.1) is 0 Å². The van der Waals surface area contributed by atoms with E-state index >= 15 is 0 Å². The van der Waals surface area contributed by atoms with Crippen molar-refractivity contribution in [3.05, 3.63) is 24.0 Å². The summed E-state index contributed by atoms with van der Waals surface area (Å²) in [5.74, 6) is 0. The first kappa shape index (κ1) is 10.7. The Morgan fingerprint density at radius 1 is 1.60 bits per heavy atom. The van der Waals surface area contributed by atoms with Crippen LogP contribution in [-0.2, 0) is 0 Å². The topological polar surface area (TPSA) is 31.1 Å². The molecule has 0 aliphatic carbocycles. The Morgan fingerprint density at radius 2 is 2.47 bits per heavy atom. The minimum Gasteiger partial charge on any atom is -0.364 e. The molecule has 1 saturated heterocycles. The first-order chi connectivity index (χ1) is 7.27. The number of likely N-dealkylation sites (N-methyl/N-ethyl adjacent to an activating group) is 1. The molecule has 2 atom stereocenters. The standard InChI is InChI=1S/C12H21N3/c1-10(12-6-4-8-14-12)15(2)9-11-5-3-7-13-11/h4,6,8,10-11,13-14H,3,5,7,9H2,1-2H3/t10-,11+/m0/s1. The molecule has 1 aromatic heterocycles. The molecule has 0 spiro atoms. The first-order valence-corrected chi connectivity index (χ1v) is 5.84. The van der Waals surface area contributed by atoms with Crippen molar-refractivity contribution in [3.8, 4) is 0 Å². The van der Waals surface area contributed by atoms with Gasteiger partial charge in [0.15, 0.2) is 0 Å². The number of aromatic nitrogens is 1. The number of hydrogen-bond acceptors (Lipinski definition) is 2. The number of aromatic amines is 1. The summed E-state index contributed by atoms with van der Waals surface area (Å²) in [6, 6.07) is 5.38. The third kappa shape index (κ3) is 2.61. The van der Waals surface area contributed by atoms with Crippen LogP contribution < -0.4 is 5.32 Å². The van der Waals surface area contributed by atoms with Crippen LogP contribution in [0.4, 0.5) is 0 Å². The molecule has 1 aliphatic rings. The van der Waals surface area contributed by atoms with Gasteiger partial charge in [-0.05, 0) is 45.5 Å². The van der Waals surface area contributed by atoms with Crippen molar-refractivity contribution in [2.75, 3.05) is 20.1 Å². The van der Waals surface area contributed by atoms with Crippen LogP contribution in [0.5, 0.6) is 0 Å². The summed E-state index contributed by atoms with van der Waals surface area (Å²) in [5.41, 5.74) is 1.30. The highest BCUT2D eigenvalue weighted by atomic mass is 15.2. The number of nitrogens with one attached hydrogen (secondary N) is 2. The molecule has 0 aromatic carbocycles. The Bertz CT molecular complexity index is 275. The van der Waals surface area contributed by atoms with Gasteiger partial charge < -0.3 is 10.3 Å². The fraction of sp³-hybridized carbons (Fsp3) is 0.667. The van der Waals surface area contributed by atoms with Crippen molar-refractivity contribution in [1.82, 2.24) is 15.2 Å². The van der Waals surface area contributed by atoms with Crippen LogP contribution in [0.25, 0.3) is 0 Å². The van der Waals surface area contributed by atoms with E-state index in [0.29, 0.717) is 12.1 Å². The van der Waals surface area contributed by atoms with Crippen LogP contribution in [0, 0.1) is 0 Å². The summed E-state index contributed by atoms with van der Waals surface area (Å²) in [4.78, 5) is 5.69. The normalized spacial score (nSPS) is 23.5. The molecule has 2 heterocycles. The monoisotopic (exact) mass is 207 g/mol. The van der Waals surface area contributed by atoms with Crippen LogP contribution in [0.1, 0.15) is 31.5 Å². The Kier molecular flexibility index (Phi) is 3.44. The average molecular weight is 207 g/mol. The van der Waals surface area contributed by atoms with Crippen LogP contribution in [0.2, 0.25) is 0 Å². The van der Waals surface area contributed by atoms with E-state index in [-0.39, 0.29) is 0 Å². The first-order valence-electron chi connectivity index (χ1n) is 5.84. The molecule has 0 bridgehead atoms. The van der Waals surface area contributed by atoms with Gasteiger partial charge in [0.05, 0.1) is 0 Å². The van der Waals surface area contributed by atoms with Crippen LogP contribution in [0.15, 0.2) is 18.3 Å². The molecule has 0 saturated carbocycles. The van der Waals surface area contributed by atoms with E-state index < -0.39 is 0 Å². The van der Waals surface area contributed by atoms with Crippen LogP contribution in [0.3, 0.4) is 0 Å². The van der Waals surface area contributed by atoms with Crippen molar-refractivity contribution in [3.63, 3.8) is 0 Å². The van der Waals surface area contributed by atoms with Gasteiger partial charge in [-0.1, -0.05) is 0 Å². The Labute approximate surface area is 91.9 Å². The van der Waals surface area contributed by atoms with E-state index in [1.807, 2.05) is 6.20 Å². The molecule has 1 fully saturated rings. The molecule has 0 radical (unpaired) electrons. The maximum atomic E-state index is 3.54. The largest absolute Gasteiger partial charge is 0.364 e. The minimum absolute atomic E-state index is 0.474. The predicted molar refractivity (Wildman–Crippen MR) is 62.9 cm³/mol. The highest BCUT2D eigenvalue weighted by Crippen LogP contribution is 2.18. The lowest BCUT2D eigenvalue weighted by Gasteiger charge is -2.26. The van der Waals surface area contributed by atoms with Crippen molar-refractivity contribution in [2.45, 2.75) is 31.8 Å². The SMILES string of the molecule is C[C@@H](c1ccc[nH]1)N(C)C[C@H]1CCCN1.